The van der Waals surface area contributed by atoms with Crippen LogP contribution in [-0.2, 0) is 26.0 Å². The van der Waals surface area contributed by atoms with E-state index in [-0.39, 0.29) is 18.4 Å². The Balaban J connectivity index is 1.53. The van der Waals surface area contributed by atoms with Gasteiger partial charge in [-0.1, -0.05) is 30.3 Å². The molecule has 3 N–H and O–H groups in total. The second kappa shape index (κ2) is 12.7. The summed E-state index contributed by atoms with van der Waals surface area (Å²) in [7, 11) is -1.69. The smallest absolute Gasteiger partial charge is 0.213 e. The maximum absolute atomic E-state index is 12.1. The normalized spacial score (nSPS) is 17.6. The molecule has 0 radical (unpaired) electrons. The van der Waals surface area contributed by atoms with E-state index in [2.05, 4.69) is 20.3 Å². The van der Waals surface area contributed by atoms with E-state index in [0.717, 1.165) is 31.4 Å². The highest BCUT2D eigenvalue weighted by atomic mass is 32.2. The Labute approximate surface area is 168 Å². The van der Waals surface area contributed by atoms with Gasteiger partial charge in [-0.05, 0) is 24.8 Å². The zero-order valence-electron chi connectivity index (χ0n) is 16.5. The highest BCUT2D eigenvalue weighted by molar-refractivity contribution is 7.89. The van der Waals surface area contributed by atoms with Crippen LogP contribution in [0.15, 0.2) is 35.3 Å². The van der Waals surface area contributed by atoms with Gasteiger partial charge in [-0.15, -0.1) is 0 Å². The number of sulfonamides is 1. The van der Waals surface area contributed by atoms with Gasteiger partial charge < -0.3 is 20.1 Å². The summed E-state index contributed by atoms with van der Waals surface area (Å²) in [5, 5.41) is 6.17. The van der Waals surface area contributed by atoms with E-state index in [1.165, 1.54) is 0 Å². The molecule has 1 atom stereocenters. The van der Waals surface area contributed by atoms with Crippen LogP contribution in [0.2, 0.25) is 0 Å². The minimum absolute atomic E-state index is 0.0228. The third-order valence-corrected chi connectivity index (χ3v) is 5.64. The molecule has 0 bridgehead atoms. The molecule has 1 unspecified atom stereocenters. The van der Waals surface area contributed by atoms with E-state index in [4.69, 9.17) is 9.47 Å². The quantitative estimate of drug-likeness (QED) is 0.267. The molecular weight excluding hydrogens is 380 g/mol. The predicted octanol–water partition coefficient (Wildman–Crippen LogP) is 0.857. The molecule has 1 aromatic carbocycles. The number of hydrogen-bond acceptors (Lipinski definition) is 5. The predicted molar refractivity (Wildman–Crippen MR) is 111 cm³/mol. The van der Waals surface area contributed by atoms with Crippen LogP contribution in [0, 0.1) is 0 Å². The highest BCUT2D eigenvalue weighted by Crippen LogP contribution is 2.11. The van der Waals surface area contributed by atoms with Gasteiger partial charge in [0.05, 0.1) is 18.5 Å². The van der Waals surface area contributed by atoms with Gasteiger partial charge in [-0.2, -0.15) is 0 Å². The molecule has 9 heteroatoms. The third kappa shape index (κ3) is 9.50. The minimum atomic E-state index is -3.35. The lowest BCUT2D eigenvalue weighted by Crippen LogP contribution is -2.41. The Morgan fingerprint density at radius 1 is 1.25 bits per heavy atom. The summed E-state index contributed by atoms with van der Waals surface area (Å²) in [5.41, 5.74) is 0.929. The molecular formula is C19H32N4O4S. The van der Waals surface area contributed by atoms with Crippen molar-refractivity contribution in [3.63, 3.8) is 0 Å². The van der Waals surface area contributed by atoms with Crippen molar-refractivity contribution in [1.29, 1.82) is 0 Å². The van der Waals surface area contributed by atoms with Crippen LogP contribution >= 0.6 is 0 Å². The molecule has 1 fully saturated rings. The third-order valence-electron chi connectivity index (χ3n) is 4.31. The van der Waals surface area contributed by atoms with Gasteiger partial charge in [0.15, 0.2) is 5.96 Å². The molecule has 28 heavy (non-hydrogen) atoms. The monoisotopic (exact) mass is 412 g/mol. The molecule has 1 aromatic rings. The standard InChI is InChI=1S/C19H32N4O4S/c1-20-19(21-10-6-12-26-16-18-9-5-13-27-18)22-11-14-28(24,25)23-15-17-7-3-2-4-8-17/h2-4,7-8,18,23H,5-6,9-16H2,1H3,(H2,20,21,22). The average molecular weight is 413 g/mol. The lowest BCUT2D eigenvalue weighted by atomic mass is 10.2. The van der Waals surface area contributed by atoms with Crippen molar-refractivity contribution in [2.75, 3.05) is 45.7 Å². The molecule has 0 amide bonds. The molecule has 1 aliphatic rings. The van der Waals surface area contributed by atoms with Crippen molar-refractivity contribution in [3.8, 4) is 0 Å². The van der Waals surface area contributed by atoms with Gasteiger partial charge in [0.1, 0.15) is 0 Å². The molecule has 2 rings (SSSR count). The summed E-state index contributed by atoms with van der Waals surface area (Å²) in [6.45, 7) is 3.42. The molecule has 1 saturated heterocycles. The van der Waals surface area contributed by atoms with Crippen LogP contribution in [0.5, 0.6) is 0 Å². The fourth-order valence-corrected chi connectivity index (χ4v) is 3.66. The zero-order valence-corrected chi connectivity index (χ0v) is 17.3. The number of ether oxygens (including phenoxy) is 2. The molecule has 8 nitrogen and oxygen atoms in total. The summed E-state index contributed by atoms with van der Waals surface area (Å²) in [6, 6.07) is 9.44. The fraction of sp³-hybridized carbons (Fsp3) is 0.632. The molecule has 0 aliphatic carbocycles. The van der Waals surface area contributed by atoms with E-state index in [0.29, 0.717) is 32.3 Å². The second-order valence-electron chi connectivity index (χ2n) is 6.61. The average Bonchev–Trinajstić information content (AvgIpc) is 3.22. The van der Waals surface area contributed by atoms with Gasteiger partial charge in [0.25, 0.3) is 0 Å². The van der Waals surface area contributed by atoms with Crippen LogP contribution in [0.4, 0.5) is 0 Å². The first kappa shape index (κ1) is 22.6. The van der Waals surface area contributed by atoms with Crippen LogP contribution < -0.4 is 15.4 Å². The largest absolute Gasteiger partial charge is 0.379 e. The summed E-state index contributed by atoms with van der Waals surface area (Å²) in [6.07, 6.45) is 3.29. The number of benzene rings is 1. The van der Waals surface area contributed by atoms with Crippen LogP contribution in [0.25, 0.3) is 0 Å². The van der Waals surface area contributed by atoms with E-state index in [1.807, 2.05) is 30.3 Å². The number of nitrogens with zero attached hydrogens (tertiary/aromatic N) is 1. The number of rotatable bonds is 12. The number of nitrogens with one attached hydrogen (secondary N) is 3. The Morgan fingerprint density at radius 2 is 2.04 bits per heavy atom. The summed E-state index contributed by atoms with van der Waals surface area (Å²) < 4.78 is 37.9. The Hall–Kier alpha value is -1.68. The van der Waals surface area contributed by atoms with E-state index in [9.17, 15) is 8.42 Å². The van der Waals surface area contributed by atoms with Crippen LogP contribution in [0.1, 0.15) is 24.8 Å². The molecule has 1 heterocycles. The van der Waals surface area contributed by atoms with E-state index < -0.39 is 10.0 Å². The van der Waals surface area contributed by atoms with Crippen molar-refractivity contribution < 1.29 is 17.9 Å². The number of hydrogen-bond donors (Lipinski definition) is 3. The van der Waals surface area contributed by atoms with Crippen LogP contribution in [0.3, 0.4) is 0 Å². The Kier molecular flexibility index (Phi) is 10.3. The summed E-state index contributed by atoms with van der Waals surface area (Å²) in [4.78, 5) is 4.10. The first-order valence-corrected chi connectivity index (χ1v) is 11.4. The lowest BCUT2D eigenvalue weighted by molar-refractivity contribution is 0.0168. The number of guanidine groups is 1. The van der Waals surface area contributed by atoms with Crippen LogP contribution in [-0.4, -0.2) is 66.2 Å². The van der Waals surface area contributed by atoms with Crippen molar-refractivity contribution >= 4 is 16.0 Å². The zero-order chi connectivity index (χ0) is 20.1. The maximum atomic E-state index is 12.1. The summed E-state index contributed by atoms with van der Waals surface area (Å²) in [5.74, 6) is 0.558. The first-order chi connectivity index (χ1) is 13.6. The lowest BCUT2D eigenvalue weighted by Gasteiger charge is -2.13. The van der Waals surface area contributed by atoms with Crippen molar-refractivity contribution in [2.24, 2.45) is 4.99 Å². The van der Waals surface area contributed by atoms with Gasteiger partial charge >= 0.3 is 0 Å². The second-order valence-corrected chi connectivity index (χ2v) is 8.54. The molecule has 0 spiro atoms. The first-order valence-electron chi connectivity index (χ1n) is 9.74. The van der Waals surface area contributed by atoms with Gasteiger partial charge in [-0.3, -0.25) is 4.99 Å². The molecule has 158 valence electrons. The van der Waals surface area contributed by atoms with Crippen molar-refractivity contribution in [2.45, 2.75) is 31.9 Å². The Morgan fingerprint density at radius 3 is 2.75 bits per heavy atom. The Bertz CT molecular complexity index is 676. The minimum Gasteiger partial charge on any atom is -0.379 e. The van der Waals surface area contributed by atoms with Crippen molar-refractivity contribution in [3.05, 3.63) is 35.9 Å². The topological polar surface area (TPSA) is 101 Å². The van der Waals surface area contributed by atoms with Gasteiger partial charge in [-0.25, -0.2) is 13.1 Å². The molecule has 0 saturated carbocycles. The van der Waals surface area contributed by atoms with E-state index in [1.54, 1.807) is 7.05 Å². The van der Waals surface area contributed by atoms with Gasteiger partial charge in [0, 0.05) is 39.9 Å². The molecule has 0 aromatic heterocycles. The highest BCUT2D eigenvalue weighted by Gasteiger charge is 2.15. The maximum Gasteiger partial charge on any atom is 0.213 e. The van der Waals surface area contributed by atoms with E-state index >= 15 is 0 Å². The number of aliphatic imine (C=N–C) groups is 1. The van der Waals surface area contributed by atoms with Crippen molar-refractivity contribution in [1.82, 2.24) is 15.4 Å². The molecule has 1 aliphatic heterocycles. The summed E-state index contributed by atoms with van der Waals surface area (Å²) >= 11 is 0. The fourth-order valence-electron chi connectivity index (χ4n) is 2.76. The van der Waals surface area contributed by atoms with Gasteiger partial charge in [0.2, 0.25) is 10.0 Å². The SMILES string of the molecule is CN=C(NCCCOCC1CCCO1)NCCS(=O)(=O)NCc1ccccc1.